The third kappa shape index (κ3) is 2.24. The Morgan fingerprint density at radius 1 is 1.57 bits per heavy atom. The molecule has 0 bridgehead atoms. The number of hydrogen-bond donors (Lipinski definition) is 1. The van der Waals surface area contributed by atoms with Gasteiger partial charge in [-0.25, -0.2) is 4.98 Å². The number of halogens is 1. The van der Waals surface area contributed by atoms with E-state index in [2.05, 4.69) is 4.98 Å². The Hall–Kier alpha value is -0.200. The molecule has 0 radical (unpaired) electrons. The van der Waals surface area contributed by atoms with Crippen molar-refractivity contribution < 1.29 is 9.84 Å². The maximum atomic E-state index is 9.94. The summed E-state index contributed by atoms with van der Waals surface area (Å²) in [6, 6.07) is 0. The van der Waals surface area contributed by atoms with E-state index in [1.165, 1.54) is 11.3 Å². The molecule has 6 heteroatoms. The summed E-state index contributed by atoms with van der Waals surface area (Å²) in [7, 11) is 0. The van der Waals surface area contributed by atoms with Crippen molar-refractivity contribution in [2.24, 2.45) is 0 Å². The van der Waals surface area contributed by atoms with Crippen LogP contribution in [0.4, 0.5) is 0 Å². The zero-order valence-electron chi connectivity index (χ0n) is 7.52. The Kier molecular flexibility index (Phi) is 3.35. The van der Waals surface area contributed by atoms with Crippen molar-refractivity contribution in [3.8, 4) is 0 Å². The van der Waals surface area contributed by atoms with Crippen LogP contribution >= 0.6 is 22.9 Å². The van der Waals surface area contributed by atoms with Crippen molar-refractivity contribution in [2.75, 3.05) is 26.3 Å². The number of aliphatic hydroxyl groups excluding tert-OH is 1. The molecule has 1 saturated heterocycles. The normalized spacial score (nSPS) is 21.0. The van der Waals surface area contributed by atoms with Crippen molar-refractivity contribution >= 4 is 22.9 Å². The number of thiazole rings is 1. The van der Waals surface area contributed by atoms with Crippen LogP contribution in [-0.4, -0.2) is 41.3 Å². The van der Waals surface area contributed by atoms with Gasteiger partial charge < -0.3 is 9.84 Å². The molecule has 0 saturated carbocycles. The summed E-state index contributed by atoms with van der Waals surface area (Å²) in [5, 5.41) is 9.94. The summed E-state index contributed by atoms with van der Waals surface area (Å²) in [4.78, 5) is 6.64. The molecule has 1 unspecified atom stereocenters. The molecule has 4 nitrogen and oxygen atoms in total. The maximum Gasteiger partial charge on any atom is 0.183 e. The van der Waals surface area contributed by atoms with Crippen LogP contribution < -0.4 is 0 Å². The van der Waals surface area contributed by atoms with Gasteiger partial charge in [0.15, 0.2) is 4.47 Å². The highest BCUT2D eigenvalue weighted by Gasteiger charge is 2.21. The van der Waals surface area contributed by atoms with Gasteiger partial charge in [0, 0.05) is 19.3 Å². The average molecular weight is 235 g/mol. The highest BCUT2D eigenvalue weighted by atomic mass is 35.5. The van der Waals surface area contributed by atoms with Gasteiger partial charge in [-0.05, 0) is 0 Å². The summed E-state index contributed by atoms with van der Waals surface area (Å²) in [6.07, 6.45) is 1.02. The fourth-order valence-corrected chi connectivity index (χ4v) is 2.36. The second kappa shape index (κ2) is 4.55. The largest absolute Gasteiger partial charge is 0.379 e. The number of rotatable bonds is 2. The second-order valence-corrected chi connectivity index (χ2v) is 4.68. The summed E-state index contributed by atoms with van der Waals surface area (Å²) in [5.74, 6) is 0. The van der Waals surface area contributed by atoms with Crippen LogP contribution in [0.3, 0.4) is 0 Å². The van der Waals surface area contributed by atoms with Crippen molar-refractivity contribution in [3.63, 3.8) is 0 Å². The van der Waals surface area contributed by atoms with E-state index in [1.54, 1.807) is 6.20 Å². The Balaban J connectivity index is 2.03. The number of hydrogen-bond acceptors (Lipinski definition) is 5. The number of morpholine rings is 1. The van der Waals surface area contributed by atoms with E-state index in [9.17, 15) is 5.11 Å². The van der Waals surface area contributed by atoms with Crippen molar-refractivity contribution in [3.05, 3.63) is 15.5 Å². The molecule has 2 rings (SSSR count). The lowest BCUT2D eigenvalue weighted by Gasteiger charge is -2.30. The Labute approximate surface area is 91.1 Å². The number of ether oxygens (including phenoxy) is 1. The molecule has 14 heavy (non-hydrogen) atoms. The van der Waals surface area contributed by atoms with E-state index in [1.807, 2.05) is 4.90 Å². The molecule has 0 aliphatic carbocycles. The Bertz CT molecular complexity index is 301. The van der Waals surface area contributed by atoms with E-state index in [0.717, 1.165) is 18.0 Å². The number of aliphatic hydroxyl groups is 1. The molecule has 1 atom stereocenters. The zero-order valence-corrected chi connectivity index (χ0v) is 9.09. The van der Waals surface area contributed by atoms with Gasteiger partial charge in [-0.2, -0.15) is 0 Å². The molecule has 1 aliphatic rings. The van der Waals surface area contributed by atoms with Crippen molar-refractivity contribution in [1.82, 2.24) is 9.88 Å². The molecule has 2 heterocycles. The monoisotopic (exact) mass is 234 g/mol. The third-order valence-corrected chi connectivity index (χ3v) is 3.30. The SMILES string of the molecule is OC(c1cnc(Cl)s1)N1CCOCC1. The van der Waals surface area contributed by atoms with Crippen molar-refractivity contribution in [1.29, 1.82) is 0 Å². The lowest BCUT2D eigenvalue weighted by atomic mass is 10.3. The van der Waals surface area contributed by atoms with Crippen LogP contribution in [0.15, 0.2) is 6.20 Å². The molecule has 1 aromatic heterocycles. The molecular formula is C8H11ClN2O2S. The van der Waals surface area contributed by atoms with Crippen LogP contribution in [-0.2, 0) is 4.74 Å². The van der Waals surface area contributed by atoms with Crippen LogP contribution in [0.2, 0.25) is 4.47 Å². The minimum Gasteiger partial charge on any atom is -0.379 e. The molecule has 1 N–H and O–H groups in total. The van der Waals surface area contributed by atoms with Gasteiger partial charge in [0.25, 0.3) is 0 Å². The minimum atomic E-state index is -0.594. The molecule has 1 fully saturated rings. The maximum absolute atomic E-state index is 9.94. The lowest BCUT2D eigenvalue weighted by Crippen LogP contribution is -2.38. The first-order chi connectivity index (χ1) is 6.77. The van der Waals surface area contributed by atoms with E-state index in [-0.39, 0.29) is 0 Å². The predicted octanol–water partition coefficient (Wildman–Crippen LogP) is 1.12. The fraction of sp³-hybridized carbons (Fsp3) is 0.625. The Morgan fingerprint density at radius 2 is 2.29 bits per heavy atom. The van der Waals surface area contributed by atoms with E-state index in [0.29, 0.717) is 17.7 Å². The van der Waals surface area contributed by atoms with E-state index < -0.39 is 6.23 Å². The summed E-state index contributed by atoms with van der Waals surface area (Å²) >= 11 is 7.01. The van der Waals surface area contributed by atoms with Crippen molar-refractivity contribution in [2.45, 2.75) is 6.23 Å². The first kappa shape index (κ1) is 10.3. The van der Waals surface area contributed by atoms with Gasteiger partial charge in [-0.1, -0.05) is 11.6 Å². The van der Waals surface area contributed by atoms with Crippen LogP contribution in [0.5, 0.6) is 0 Å². The van der Waals surface area contributed by atoms with Crippen LogP contribution in [0.1, 0.15) is 11.1 Å². The van der Waals surface area contributed by atoms with Gasteiger partial charge in [0.1, 0.15) is 6.23 Å². The average Bonchev–Trinajstić information content (AvgIpc) is 2.65. The van der Waals surface area contributed by atoms with Gasteiger partial charge >= 0.3 is 0 Å². The molecule has 0 spiro atoms. The third-order valence-electron chi connectivity index (χ3n) is 2.14. The molecule has 0 amide bonds. The highest BCUT2D eigenvalue weighted by molar-refractivity contribution is 7.15. The smallest absolute Gasteiger partial charge is 0.183 e. The first-order valence-electron chi connectivity index (χ1n) is 4.38. The van der Waals surface area contributed by atoms with Crippen LogP contribution in [0, 0.1) is 0 Å². The number of nitrogens with zero attached hydrogens (tertiary/aromatic N) is 2. The predicted molar refractivity (Wildman–Crippen MR) is 54.5 cm³/mol. The zero-order chi connectivity index (χ0) is 9.97. The number of aromatic nitrogens is 1. The second-order valence-electron chi connectivity index (χ2n) is 3.04. The summed E-state index contributed by atoms with van der Waals surface area (Å²) in [6.45, 7) is 2.83. The minimum absolute atomic E-state index is 0.465. The van der Waals surface area contributed by atoms with Gasteiger partial charge in [0.05, 0.1) is 18.1 Å². The Morgan fingerprint density at radius 3 is 2.86 bits per heavy atom. The molecule has 78 valence electrons. The first-order valence-corrected chi connectivity index (χ1v) is 5.58. The van der Waals surface area contributed by atoms with Gasteiger partial charge in [0.2, 0.25) is 0 Å². The molecule has 1 aromatic rings. The molecule has 0 aromatic carbocycles. The quantitative estimate of drug-likeness (QED) is 0.833. The van der Waals surface area contributed by atoms with Gasteiger partial charge in [-0.3, -0.25) is 4.90 Å². The fourth-order valence-electron chi connectivity index (χ4n) is 1.39. The lowest BCUT2D eigenvalue weighted by molar-refractivity contribution is -0.0587. The highest BCUT2D eigenvalue weighted by Crippen LogP contribution is 2.26. The topological polar surface area (TPSA) is 45.6 Å². The van der Waals surface area contributed by atoms with Gasteiger partial charge in [-0.15, -0.1) is 11.3 Å². The standard InChI is InChI=1S/C8H11ClN2O2S/c9-8-10-5-6(14-8)7(12)11-1-3-13-4-2-11/h5,7,12H,1-4H2. The van der Waals surface area contributed by atoms with E-state index in [4.69, 9.17) is 16.3 Å². The molecule has 1 aliphatic heterocycles. The van der Waals surface area contributed by atoms with Crippen LogP contribution in [0.25, 0.3) is 0 Å². The summed E-state index contributed by atoms with van der Waals surface area (Å²) < 4.78 is 5.66. The molecular weight excluding hydrogens is 224 g/mol. The van der Waals surface area contributed by atoms with E-state index >= 15 is 0 Å². The summed E-state index contributed by atoms with van der Waals surface area (Å²) in [5.41, 5.74) is 0.